The van der Waals surface area contributed by atoms with Gasteiger partial charge in [0.25, 0.3) is 0 Å². The molecule has 0 spiro atoms. The van der Waals surface area contributed by atoms with Crippen LogP contribution in [0.1, 0.15) is 25.7 Å². The van der Waals surface area contributed by atoms with Crippen molar-refractivity contribution in [2.45, 2.75) is 31.8 Å². The molecule has 0 aromatic rings. The quantitative estimate of drug-likeness (QED) is 0.677. The molecule has 2 fully saturated rings. The van der Waals surface area contributed by atoms with E-state index in [-0.39, 0.29) is 18.7 Å². The topological polar surface area (TPSA) is 90.9 Å². The van der Waals surface area contributed by atoms with Crippen LogP contribution in [0.25, 0.3) is 0 Å². The van der Waals surface area contributed by atoms with Crippen LogP contribution in [-0.4, -0.2) is 67.9 Å². The molecular formula is C14H25N3O4. The highest BCUT2D eigenvalue weighted by Crippen LogP contribution is 2.37. The first-order chi connectivity index (χ1) is 10.0. The minimum atomic E-state index is -0.808. The number of nitrogens with zero attached hydrogens (tertiary/aromatic N) is 1. The van der Waals surface area contributed by atoms with Crippen LogP contribution in [0.15, 0.2) is 0 Å². The molecule has 2 aliphatic rings. The molecule has 0 bridgehead atoms. The smallest absolute Gasteiger partial charge is 0.314 e. The van der Waals surface area contributed by atoms with E-state index in [2.05, 4.69) is 15.5 Å². The second kappa shape index (κ2) is 7.09. The van der Waals surface area contributed by atoms with Crippen molar-refractivity contribution >= 4 is 12.0 Å². The Morgan fingerprint density at radius 1 is 1.33 bits per heavy atom. The average molecular weight is 299 g/mol. The van der Waals surface area contributed by atoms with Crippen molar-refractivity contribution in [3.63, 3.8) is 0 Å². The van der Waals surface area contributed by atoms with Crippen LogP contribution in [0, 0.1) is 5.41 Å². The molecular weight excluding hydrogens is 274 g/mol. The second-order valence-corrected chi connectivity index (χ2v) is 6.11. The number of hydrogen-bond acceptors (Lipinski definition) is 4. The fourth-order valence-corrected chi connectivity index (χ4v) is 3.03. The van der Waals surface area contributed by atoms with Crippen molar-refractivity contribution in [1.82, 2.24) is 15.5 Å². The van der Waals surface area contributed by atoms with Crippen LogP contribution in [0.2, 0.25) is 0 Å². The van der Waals surface area contributed by atoms with Crippen LogP contribution in [0.3, 0.4) is 0 Å². The fraction of sp³-hybridized carbons (Fsp3) is 0.857. The molecule has 0 aromatic carbocycles. The number of carboxylic acids is 1. The van der Waals surface area contributed by atoms with Crippen LogP contribution in [-0.2, 0) is 9.53 Å². The standard InChI is InChI=1S/C14H25N3O4/c1-17-6-7-21-11(9-17)8-15-13(20)16-10-14(12(18)19)4-2-3-5-14/h11H,2-10H2,1H3,(H,18,19)(H2,15,16,20). The lowest BCUT2D eigenvalue weighted by atomic mass is 9.86. The summed E-state index contributed by atoms with van der Waals surface area (Å²) in [5.41, 5.74) is -0.779. The number of rotatable bonds is 5. The third kappa shape index (κ3) is 4.31. The molecule has 21 heavy (non-hydrogen) atoms. The van der Waals surface area contributed by atoms with E-state index >= 15 is 0 Å². The molecule has 1 unspecified atom stereocenters. The van der Waals surface area contributed by atoms with Crippen molar-refractivity contribution in [2.24, 2.45) is 5.41 Å². The summed E-state index contributed by atoms with van der Waals surface area (Å²) >= 11 is 0. The number of ether oxygens (including phenoxy) is 1. The predicted molar refractivity (Wildman–Crippen MR) is 77.2 cm³/mol. The Labute approximate surface area is 125 Å². The molecule has 7 nitrogen and oxygen atoms in total. The van der Waals surface area contributed by atoms with E-state index in [0.717, 1.165) is 25.9 Å². The molecule has 1 heterocycles. The Balaban J connectivity index is 1.70. The Morgan fingerprint density at radius 3 is 2.67 bits per heavy atom. The van der Waals surface area contributed by atoms with Crippen molar-refractivity contribution in [2.75, 3.05) is 39.8 Å². The molecule has 1 atom stereocenters. The Kier molecular flexibility index (Phi) is 5.41. The summed E-state index contributed by atoms with van der Waals surface area (Å²) in [6.07, 6.45) is 3.10. The first-order valence-electron chi connectivity index (χ1n) is 7.57. The molecule has 0 aromatic heterocycles. The number of urea groups is 1. The number of amides is 2. The van der Waals surface area contributed by atoms with Crippen LogP contribution < -0.4 is 10.6 Å². The Hall–Kier alpha value is -1.34. The maximum atomic E-state index is 11.8. The number of likely N-dealkylation sites (N-methyl/N-ethyl adjacent to an activating group) is 1. The Morgan fingerprint density at radius 2 is 2.05 bits per heavy atom. The third-order valence-corrected chi connectivity index (χ3v) is 4.43. The Bertz CT molecular complexity index is 382. The summed E-state index contributed by atoms with van der Waals surface area (Å²) in [6.45, 7) is 3.01. The summed E-state index contributed by atoms with van der Waals surface area (Å²) in [4.78, 5) is 25.3. The van der Waals surface area contributed by atoms with Crippen LogP contribution in [0.5, 0.6) is 0 Å². The fourth-order valence-electron chi connectivity index (χ4n) is 3.03. The molecule has 2 rings (SSSR count). The van der Waals surface area contributed by atoms with Gasteiger partial charge in [0, 0.05) is 26.2 Å². The summed E-state index contributed by atoms with van der Waals surface area (Å²) < 4.78 is 5.56. The van der Waals surface area contributed by atoms with Gasteiger partial charge >= 0.3 is 12.0 Å². The minimum Gasteiger partial charge on any atom is -0.481 e. The number of morpholine rings is 1. The van der Waals surface area contributed by atoms with Gasteiger partial charge in [-0.25, -0.2) is 4.79 Å². The minimum absolute atomic E-state index is 0.00517. The number of nitrogens with one attached hydrogen (secondary N) is 2. The maximum Gasteiger partial charge on any atom is 0.314 e. The number of carboxylic acid groups (broad SMARTS) is 1. The van der Waals surface area contributed by atoms with Gasteiger partial charge in [0.1, 0.15) is 0 Å². The van der Waals surface area contributed by atoms with E-state index in [1.807, 2.05) is 7.05 Å². The zero-order valence-corrected chi connectivity index (χ0v) is 12.6. The van der Waals surface area contributed by atoms with E-state index < -0.39 is 11.4 Å². The highest BCUT2D eigenvalue weighted by atomic mass is 16.5. The van der Waals surface area contributed by atoms with Crippen molar-refractivity contribution < 1.29 is 19.4 Å². The van der Waals surface area contributed by atoms with Gasteiger partial charge in [-0.05, 0) is 19.9 Å². The lowest BCUT2D eigenvalue weighted by Crippen LogP contribution is -2.49. The van der Waals surface area contributed by atoms with E-state index in [0.29, 0.717) is 26.0 Å². The molecule has 7 heteroatoms. The molecule has 120 valence electrons. The van der Waals surface area contributed by atoms with Crippen LogP contribution >= 0.6 is 0 Å². The zero-order valence-electron chi connectivity index (χ0n) is 12.6. The zero-order chi connectivity index (χ0) is 15.3. The van der Waals surface area contributed by atoms with E-state index in [4.69, 9.17) is 4.74 Å². The number of hydrogen-bond donors (Lipinski definition) is 3. The number of aliphatic carboxylic acids is 1. The molecule has 1 saturated heterocycles. The van der Waals surface area contributed by atoms with E-state index in [9.17, 15) is 14.7 Å². The normalized spacial score (nSPS) is 25.5. The summed E-state index contributed by atoms with van der Waals surface area (Å²) in [5, 5.41) is 14.8. The first kappa shape index (κ1) is 16.0. The van der Waals surface area contributed by atoms with Gasteiger partial charge in [0.15, 0.2) is 0 Å². The summed E-state index contributed by atoms with van der Waals surface area (Å²) in [7, 11) is 2.02. The molecule has 1 saturated carbocycles. The van der Waals surface area contributed by atoms with Gasteiger partial charge in [-0.15, -0.1) is 0 Å². The van der Waals surface area contributed by atoms with Crippen molar-refractivity contribution in [3.8, 4) is 0 Å². The summed E-state index contributed by atoms with van der Waals surface area (Å²) in [6, 6.07) is -0.320. The molecule has 2 amide bonds. The van der Waals surface area contributed by atoms with Gasteiger partial charge in [-0.2, -0.15) is 0 Å². The molecule has 1 aliphatic heterocycles. The third-order valence-electron chi connectivity index (χ3n) is 4.43. The van der Waals surface area contributed by atoms with Crippen LogP contribution in [0.4, 0.5) is 4.79 Å². The van der Waals surface area contributed by atoms with Gasteiger partial charge in [0.2, 0.25) is 0 Å². The van der Waals surface area contributed by atoms with Crippen molar-refractivity contribution in [1.29, 1.82) is 0 Å². The molecule has 3 N–H and O–H groups in total. The molecule has 1 aliphatic carbocycles. The van der Waals surface area contributed by atoms with E-state index in [1.165, 1.54) is 0 Å². The second-order valence-electron chi connectivity index (χ2n) is 6.11. The SMILES string of the molecule is CN1CCOC(CNC(=O)NCC2(C(=O)O)CCCC2)C1. The van der Waals surface area contributed by atoms with Gasteiger partial charge in [0.05, 0.1) is 18.1 Å². The highest BCUT2D eigenvalue weighted by Gasteiger charge is 2.41. The van der Waals surface area contributed by atoms with Gasteiger partial charge < -0.3 is 25.4 Å². The van der Waals surface area contributed by atoms with E-state index in [1.54, 1.807) is 0 Å². The number of carbonyl (C=O) groups excluding carboxylic acids is 1. The maximum absolute atomic E-state index is 11.8. The summed E-state index contributed by atoms with van der Waals surface area (Å²) in [5.74, 6) is -0.808. The largest absolute Gasteiger partial charge is 0.481 e. The predicted octanol–water partition coefficient (Wildman–Crippen LogP) is 0.261. The van der Waals surface area contributed by atoms with Gasteiger partial charge in [-0.3, -0.25) is 4.79 Å². The van der Waals surface area contributed by atoms with Crippen molar-refractivity contribution in [3.05, 3.63) is 0 Å². The average Bonchev–Trinajstić information content (AvgIpc) is 2.93. The lowest BCUT2D eigenvalue weighted by molar-refractivity contribution is -0.148. The monoisotopic (exact) mass is 299 g/mol. The lowest BCUT2D eigenvalue weighted by Gasteiger charge is -2.30. The highest BCUT2D eigenvalue weighted by molar-refractivity contribution is 5.78. The van der Waals surface area contributed by atoms with Gasteiger partial charge in [-0.1, -0.05) is 12.8 Å². The number of carbonyl (C=O) groups is 2. The first-order valence-corrected chi connectivity index (χ1v) is 7.57. The molecule has 0 radical (unpaired) electrons.